The highest BCUT2D eigenvalue weighted by atomic mass is 16.2. The first-order chi connectivity index (χ1) is 11.0. The molecular weight excluding hydrogens is 292 g/mol. The van der Waals surface area contributed by atoms with Gasteiger partial charge in [-0.05, 0) is 50.6 Å². The molecule has 0 aromatic carbocycles. The van der Waals surface area contributed by atoms with Gasteiger partial charge in [-0.3, -0.25) is 9.69 Å². The van der Waals surface area contributed by atoms with Crippen molar-refractivity contribution in [3.05, 3.63) is 53.1 Å². The minimum Gasteiger partial charge on any atom is -0.303 e. The second-order valence-electron chi connectivity index (χ2n) is 5.39. The van der Waals surface area contributed by atoms with Gasteiger partial charge in [0.15, 0.2) is 0 Å². The SMILES string of the molecule is CCN1C(=O)N/C(=C/c2cc(C)n(-c3ccccn3)c2C)C1=O. The van der Waals surface area contributed by atoms with E-state index in [2.05, 4.69) is 10.3 Å². The minimum absolute atomic E-state index is 0.292. The minimum atomic E-state index is -0.373. The largest absolute Gasteiger partial charge is 0.328 e. The van der Waals surface area contributed by atoms with Gasteiger partial charge in [-0.1, -0.05) is 6.07 Å². The Morgan fingerprint density at radius 2 is 2.04 bits per heavy atom. The molecule has 1 fully saturated rings. The van der Waals surface area contributed by atoms with Crippen molar-refractivity contribution in [3.63, 3.8) is 0 Å². The molecule has 0 radical (unpaired) electrons. The Bertz CT molecular complexity index is 806. The number of urea groups is 1. The molecule has 3 heterocycles. The summed E-state index contributed by atoms with van der Waals surface area (Å²) in [6.07, 6.45) is 3.46. The van der Waals surface area contributed by atoms with Gasteiger partial charge in [-0.15, -0.1) is 0 Å². The van der Waals surface area contributed by atoms with Gasteiger partial charge in [0.05, 0.1) is 0 Å². The number of likely N-dealkylation sites (N-methyl/N-ethyl adjacent to an activating group) is 1. The van der Waals surface area contributed by atoms with Crippen LogP contribution in [0.1, 0.15) is 23.9 Å². The molecule has 2 aromatic rings. The number of pyridine rings is 1. The van der Waals surface area contributed by atoms with Gasteiger partial charge in [0.25, 0.3) is 5.91 Å². The first-order valence-corrected chi connectivity index (χ1v) is 7.47. The van der Waals surface area contributed by atoms with Crippen LogP contribution in [0.25, 0.3) is 11.9 Å². The standard InChI is InChI=1S/C17H18N4O2/c1-4-20-16(22)14(19-17(20)23)10-13-9-11(2)21(12(13)3)15-7-5-6-8-18-15/h5-10H,4H2,1-3H3,(H,19,23)/b14-10+. The summed E-state index contributed by atoms with van der Waals surface area (Å²) in [5, 5.41) is 2.62. The highest BCUT2D eigenvalue weighted by molar-refractivity contribution is 6.14. The normalized spacial score (nSPS) is 16.3. The van der Waals surface area contributed by atoms with Crippen LogP contribution in [0.3, 0.4) is 0 Å². The van der Waals surface area contributed by atoms with Crippen molar-refractivity contribution in [1.82, 2.24) is 19.8 Å². The maximum atomic E-state index is 12.2. The van der Waals surface area contributed by atoms with E-state index in [0.29, 0.717) is 12.2 Å². The fraction of sp³-hybridized carbons (Fsp3) is 0.235. The number of hydrogen-bond acceptors (Lipinski definition) is 3. The Labute approximate surface area is 134 Å². The average Bonchev–Trinajstić information content (AvgIpc) is 2.96. The van der Waals surface area contributed by atoms with E-state index in [1.54, 1.807) is 19.2 Å². The molecular formula is C17H18N4O2. The second-order valence-corrected chi connectivity index (χ2v) is 5.39. The first-order valence-electron chi connectivity index (χ1n) is 7.47. The van der Waals surface area contributed by atoms with E-state index in [-0.39, 0.29) is 11.9 Å². The molecule has 1 saturated heterocycles. The van der Waals surface area contributed by atoms with E-state index in [0.717, 1.165) is 22.8 Å². The number of aryl methyl sites for hydroxylation is 1. The van der Waals surface area contributed by atoms with Gasteiger partial charge < -0.3 is 9.88 Å². The molecule has 6 nitrogen and oxygen atoms in total. The highest BCUT2D eigenvalue weighted by Crippen LogP contribution is 2.22. The van der Waals surface area contributed by atoms with Crippen LogP contribution in [-0.4, -0.2) is 32.9 Å². The van der Waals surface area contributed by atoms with Crippen LogP contribution >= 0.6 is 0 Å². The Balaban J connectivity index is 2.02. The lowest BCUT2D eigenvalue weighted by molar-refractivity contribution is -0.122. The number of carbonyl (C=O) groups excluding carboxylic acids is 2. The van der Waals surface area contributed by atoms with E-state index in [1.165, 1.54) is 4.90 Å². The summed E-state index contributed by atoms with van der Waals surface area (Å²) in [4.78, 5) is 29.5. The molecule has 0 atom stereocenters. The quantitative estimate of drug-likeness (QED) is 0.699. The Morgan fingerprint density at radius 1 is 1.26 bits per heavy atom. The first kappa shape index (κ1) is 15.0. The zero-order chi connectivity index (χ0) is 16.6. The molecule has 1 aliphatic rings. The van der Waals surface area contributed by atoms with Crippen molar-refractivity contribution >= 4 is 18.0 Å². The maximum absolute atomic E-state index is 12.2. The third-order valence-corrected chi connectivity index (χ3v) is 3.93. The van der Waals surface area contributed by atoms with Crippen LogP contribution in [0.2, 0.25) is 0 Å². The third kappa shape index (κ3) is 2.52. The molecule has 0 spiro atoms. The van der Waals surface area contributed by atoms with Gasteiger partial charge in [-0.2, -0.15) is 0 Å². The third-order valence-electron chi connectivity index (χ3n) is 3.93. The number of carbonyl (C=O) groups is 2. The molecule has 0 unspecified atom stereocenters. The number of nitrogens with one attached hydrogen (secondary N) is 1. The fourth-order valence-corrected chi connectivity index (χ4v) is 2.79. The number of hydrogen-bond donors (Lipinski definition) is 1. The zero-order valence-corrected chi connectivity index (χ0v) is 13.3. The van der Waals surface area contributed by atoms with E-state index < -0.39 is 0 Å². The van der Waals surface area contributed by atoms with Gasteiger partial charge >= 0.3 is 6.03 Å². The van der Waals surface area contributed by atoms with E-state index in [1.807, 2.05) is 42.7 Å². The molecule has 3 rings (SSSR count). The lowest BCUT2D eigenvalue weighted by atomic mass is 10.2. The summed E-state index contributed by atoms with van der Waals surface area (Å²) < 4.78 is 2.02. The van der Waals surface area contributed by atoms with Crippen LogP contribution in [0, 0.1) is 13.8 Å². The van der Waals surface area contributed by atoms with Gasteiger partial charge in [0.1, 0.15) is 11.5 Å². The number of imide groups is 1. The molecule has 1 N–H and O–H groups in total. The van der Waals surface area contributed by atoms with Crippen molar-refractivity contribution in [1.29, 1.82) is 0 Å². The van der Waals surface area contributed by atoms with Crippen LogP contribution in [0.5, 0.6) is 0 Å². The Kier molecular flexibility index (Phi) is 3.73. The van der Waals surface area contributed by atoms with Crippen molar-refractivity contribution < 1.29 is 9.59 Å². The molecule has 2 aromatic heterocycles. The van der Waals surface area contributed by atoms with Crippen LogP contribution in [0.15, 0.2) is 36.2 Å². The Morgan fingerprint density at radius 3 is 2.65 bits per heavy atom. The summed E-state index contributed by atoms with van der Waals surface area (Å²) in [5.74, 6) is 0.532. The molecule has 0 saturated carbocycles. The number of rotatable bonds is 3. The van der Waals surface area contributed by atoms with E-state index in [4.69, 9.17) is 0 Å². The molecule has 0 bridgehead atoms. The molecule has 3 amide bonds. The molecule has 0 aliphatic carbocycles. The van der Waals surface area contributed by atoms with E-state index >= 15 is 0 Å². The highest BCUT2D eigenvalue weighted by Gasteiger charge is 2.32. The molecule has 1 aliphatic heterocycles. The average molecular weight is 310 g/mol. The smallest absolute Gasteiger partial charge is 0.303 e. The monoisotopic (exact) mass is 310 g/mol. The summed E-state index contributed by atoms with van der Waals surface area (Å²) in [6.45, 7) is 6.08. The molecule has 118 valence electrons. The fourth-order valence-electron chi connectivity index (χ4n) is 2.79. The Hall–Kier alpha value is -2.89. The van der Waals surface area contributed by atoms with Crippen LogP contribution in [-0.2, 0) is 4.79 Å². The topological polar surface area (TPSA) is 67.2 Å². The van der Waals surface area contributed by atoms with Crippen LogP contribution < -0.4 is 5.32 Å². The van der Waals surface area contributed by atoms with Crippen molar-refractivity contribution in [2.75, 3.05) is 6.54 Å². The number of amides is 3. The summed E-state index contributed by atoms with van der Waals surface area (Å²) in [7, 11) is 0. The maximum Gasteiger partial charge on any atom is 0.328 e. The lowest BCUT2D eigenvalue weighted by Crippen LogP contribution is -2.30. The second kappa shape index (κ2) is 5.72. The van der Waals surface area contributed by atoms with Gasteiger partial charge in [-0.25, -0.2) is 9.78 Å². The predicted molar refractivity (Wildman–Crippen MR) is 86.9 cm³/mol. The number of nitrogens with zero attached hydrogens (tertiary/aromatic N) is 3. The van der Waals surface area contributed by atoms with Crippen molar-refractivity contribution in [2.24, 2.45) is 0 Å². The summed E-state index contributed by atoms with van der Waals surface area (Å²) in [5.41, 5.74) is 3.16. The lowest BCUT2D eigenvalue weighted by Gasteiger charge is -2.08. The van der Waals surface area contributed by atoms with Crippen LogP contribution in [0.4, 0.5) is 4.79 Å². The molecule has 23 heavy (non-hydrogen) atoms. The van der Waals surface area contributed by atoms with E-state index in [9.17, 15) is 9.59 Å². The summed E-state index contributed by atoms with van der Waals surface area (Å²) >= 11 is 0. The van der Waals surface area contributed by atoms with Crippen molar-refractivity contribution in [3.8, 4) is 5.82 Å². The van der Waals surface area contributed by atoms with Gasteiger partial charge in [0.2, 0.25) is 0 Å². The predicted octanol–water partition coefficient (Wildman–Crippen LogP) is 2.40. The zero-order valence-electron chi connectivity index (χ0n) is 13.3. The van der Waals surface area contributed by atoms with Gasteiger partial charge in [0, 0.05) is 24.1 Å². The molecule has 6 heteroatoms. The summed E-state index contributed by atoms with van der Waals surface area (Å²) in [6, 6.07) is 7.33. The van der Waals surface area contributed by atoms with Crippen molar-refractivity contribution in [2.45, 2.75) is 20.8 Å². The number of aromatic nitrogens is 2.